The maximum atomic E-state index is 14.4. The van der Waals surface area contributed by atoms with Crippen molar-refractivity contribution in [1.82, 2.24) is 5.48 Å². The van der Waals surface area contributed by atoms with Gasteiger partial charge in [0.05, 0.1) is 18.4 Å². The first-order chi connectivity index (χ1) is 12.0. The summed E-state index contributed by atoms with van der Waals surface area (Å²) in [4.78, 5) is 17.0. The molecule has 2 aromatic rings. The third-order valence-corrected chi connectivity index (χ3v) is 3.85. The van der Waals surface area contributed by atoms with Gasteiger partial charge in [0.25, 0.3) is 5.91 Å². The zero-order valence-electron chi connectivity index (χ0n) is 14.6. The number of terminal acetylenes is 1. The predicted molar refractivity (Wildman–Crippen MR) is 97.3 cm³/mol. The van der Waals surface area contributed by atoms with Gasteiger partial charge in [-0.05, 0) is 49.2 Å². The SMILES string of the molecule is C#Cc1ccc(Nc2c(C(=O)NOC)ccc(F)c2CCC)c(C)c1. The summed E-state index contributed by atoms with van der Waals surface area (Å²) in [7, 11) is 1.35. The Morgan fingerprint density at radius 1 is 1.32 bits per heavy atom. The average Bonchev–Trinajstić information content (AvgIpc) is 2.59. The quantitative estimate of drug-likeness (QED) is 0.615. The third kappa shape index (κ3) is 4.17. The summed E-state index contributed by atoms with van der Waals surface area (Å²) in [5.41, 5.74) is 5.91. The zero-order valence-corrected chi connectivity index (χ0v) is 14.6. The molecule has 0 aliphatic carbocycles. The monoisotopic (exact) mass is 340 g/mol. The molecule has 130 valence electrons. The lowest BCUT2D eigenvalue weighted by Crippen LogP contribution is -2.23. The van der Waals surface area contributed by atoms with E-state index in [0.29, 0.717) is 23.2 Å². The second kappa shape index (κ2) is 8.32. The number of carbonyl (C=O) groups excluding carboxylic acids is 1. The Balaban J connectivity index is 2.55. The molecular formula is C20H21FN2O2. The molecule has 0 saturated heterocycles. The molecule has 25 heavy (non-hydrogen) atoms. The van der Waals surface area contributed by atoms with E-state index in [1.54, 1.807) is 6.07 Å². The number of carbonyl (C=O) groups is 1. The van der Waals surface area contributed by atoms with Crippen molar-refractivity contribution < 1.29 is 14.0 Å². The van der Waals surface area contributed by atoms with Crippen LogP contribution in [0.1, 0.15) is 40.4 Å². The number of amides is 1. The topological polar surface area (TPSA) is 50.4 Å². The van der Waals surface area contributed by atoms with E-state index in [9.17, 15) is 9.18 Å². The van der Waals surface area contributed by atoms with Gasteiger partial charge >= 0.3 is 0 Å². The Morgan fingerprint density at radius 2 is 2.08 bits per heavy atom. The van der Waals surface area contributed by atoms with Gasteiger partial charge in [-0.3, -0.25) is 9.63 Å². The Morgan fingerprint density at radius 3 is 2.68 bits per heavy atom. The molecule has 5 heteroatoms. The van der Waals surface area contributed by atoms with Crippen LogP contribution < -0.4 is 10.8 Å². The van der Waals surface area contributed by atoms with Gasteiger partial charge in [0.2, 0.25) is 0 Å². The summed E-state index contributed by atoms with van der Waals surface area (Å²) in [5.74, 6) is 1.78. The molecule has 1 amide bonds. The van der Waals surface area contributed by atoms with Crippen molar-refractivity contribution in [3.63, 3.8) is 0 Å². The molecule has 0 radical (unpaired) electrons. The Labute approximate surface area is 147 Å². The molecule has 0 bridgehead atoms. The third-order valence-electron chi connectivity index (χ3n) is 3.85. The molecule has 2 N–H and O–H groups in total. The van der Waals surface area contributed by atoms with E-state index in [4.69, 9.17) is 11.3 Å². The zero-order chi connectivity index (χ0) is 18.4. The predicted octanol–water partition coefficient (Wildman–Crippen LogP) is 4.10. The number of hydrogen-bond acceptors (Lipinski definition) is 3. The maximum absolute atomic E-state index is 14.4. The van der Waals surface area contributed by atoms with Crippen LogP contribution in [-0.4, -0.2) is 13.0 Å². The maximum Gasteiger partial charge on any atom is 0.276 e. The van der Waals surface area contributed by atoms with Crippen LogP contribution >= 0.6 is 0 Å². The smallest absolute Gasteiger partial charge is 0.276 e. The molecule has 0 aliphatic heterocycles. The second-order valence-electron chi connectivity index (χ2n) is 5.63. The van der Waals surface area contributed by atoms with Gasteiger partial charge in [-0.15, -0.1) is 6.42 Å². The van der Waals surface area contributed by atoms with Crippen molar-refractivity contribution in [1.29, 1.82) is 0 Å². The molecule has 0 saturated carbocycles. The highest BCUT2D eigenvalue weighted by atomic mass is 19.1. The molecule has 0 spiro atoms. The standard InChI is InChI=1S/C20H21FN2O2/c1-5-7-15-17(21)10-9-16(20(24)23-25-4)19(15)22-18-11-8-14(6-2)12-13(18)3/h2,8-12,22H,5,7H2,1,3-4H3,(H,23,24). The fourth-order valence-corrected chi connectivity index (χ4v) is 2.62. The second-order valence-corrected chi connectivity index (χ2v) is 5.63. The molecule has 0 fully saturated rings. The highest BCUT2D eigenvalue weighted by Crippen LogP contribution is 2.30. The molecule has 4 nitrogen and oxygen atoms in total. The van der Waals surface area contributed by atoms with Gasteiger partial charge in [0.1, 0.15) is 5.82 Å². The van der Waals surface area contributed by atoms with Crippen molar-refractivity contribution in [2.45, 2.75) is 26.7 Å². The van der Waals surface area contributed by atoms with E-state index in [1.165, 1.54) is 19.2 Å². The van der Waals surface area contributed by atoms with Crippen LogP contribution in [0.15, 0.2) is 30.3 Å². The first kappa shape index (κ1) is 18.5. The van der Waals surface area contributed by atoms with E-state index >= 15 is 0 Å². The number of aryl methyl sites for hydroxylation is 1. The highest BCUT2D eigenvalue weighted by molar-refractivity contribution is 6.00. The van der Waals surface area contributed by atoms with E-state index in [0.717, 1.165) is 23.2 Å². The van der Waals surface area contributed by atoms with Gasteiger partial charge in [-0.2, -0.15) is 0 Å². The van der Waals surface area contributed by atoms with Crippen LogP contribution in [0.25, 0.3) is 0 Å². The van der Waals surface area contributed by atoms with Crippen molar-refractivity contribution in [2.75, 3.05) is 12.4 Å². The fourth-order valence-electron chi connectivity index (χ4n) is 2.62. The van der Waals surface area contributed by atoms with Crippen molar-refractivity contribution in [2.24, 2.45) is 0 Å². The number of hydroxylamine groups is 1. The van der Waals surface area contributed by atoms with Crippen LogP contribution in [0.2, 0.25) is 0 Å². The Kier molecular flexibility index (Phi) is 6.15. The minimum atomic E-state index is -0.444. The average molecular weight is 340 g/mol. The minimum absolute atomic E-state index is 0.312. The molecule has 0 atom stereocenters. The van der Waals surface area contributed by atoms with Crippen LogP contribution in [0.4, 0.5) is 15.8 Å². The largest absolute Gasteiger partial charge is 0.354 e. The summed E-state index contributed by atoms with van der Waals surface area (Å²) in [6, 6.07) is 8.22. The van der Waals surface area contributed by atoms with Gasteiger partial charge in [-0.1, -0.05) is 19.3 Å². The first-order valence-electron chi connectivity index (χ1n) is 8.00. The Bertz CT molecular complexity index is 825. The molecule has 2 aromatic carbocycles. The number of hydrogen-bond donors (Lipinski definition) is 2. The highest BCUT2D eigenvalue weighted by Gasteiger charge is 2.19. The van der Waals surface area contributed by atoms with Crippen molar-refractivity contribution in [3.05, 3.63) is 58.4 Å². The molecule has 0 aliphatic rings. The number of rotatable bonds is 6. The van der Waals surface area contributed by atoms with Gasteiger partial charge in [0, 0.05) is 16.8 Å². The van der Waals surface area contributed by atoms with Crippen molar-refractivity contribution in [3.8, 4) is 12.3 Å². The summed E-state index contributed by atoms with van der Waals surface area (Å²) in [6.07, 6.45) is 6.66. The number of benzene rings is 2. The van der Waals surface area contributed by atoms with Gasteiger partial charge in [0.15, 0.2) is 0 Å². The van der Waals surface area contributed by atoms with E-state index < -0.39 is 5.91 Å². The summed E-state index contributed by atoms with van der Waals surface area (Å²) in [5, 5.41) is 3.20. The first-order valence-corrected chi connectivity index (χ1v) is 8.00. The van der Waals surface area contributed by atoms with Gasteiger partial charge in [-0.25, -0.2) is 9.87 Å². The molecule has 0 heterocycles. The number of nitrogens with one attached hydrogen (secondary N) is 2. The van der Waals surface area contributed by atoms with Crippen LogP contribution in [0, 0.1) is 25.1 Å². The minimum Gasteiger partial charge on any atom is -0.354 e. The van der Waals surface area contributed by atoms with Crippen LogP contribution in [-0.2, 0) is 11.3 Å². The lowest BCUT2D eigenvalue weighted by molar-refractivity contribution is 0.0538. The molecule has 2 rings (SSSR count). The van der Waals surface area contributed by atoms with E-state index in [-0.39, 0.29) is 5.82 Å². The molecule has 0 aromatic heterocycles. The van der Waals surface area contributed by atoms with Crippen LogP contribution in [0.3, 0.4) is 0 Å². The summed E-state index contributed by atoms with van der Waals surface area (Å²) < 4.78 is 14.4. The number of anilines is 2. The molecule has 0 unspecified atom stereocenters. The molecular weight excluding hydrogens is 319 g/mol. The van der Waals surface area contributed by atoms with E-state index in [2.05, 4.69) is 16.7 Å². The van der Waals surface area contributed by atoms with Crippen LogP contribution in [0.5, 0.6) is 0 Å². The fraction of sp³-hybridized carbons (Fsp3) is 0.250. The Hall–Kier alpha value is -2.84. The lowest BCUT2D eigenvalue weighted by atomic mass is 10.0. The number of halogens is 1. The van der Waals surface area contributed by atoms with Crippen molar-refractivity contribution >= 4 is 17.3 Å². The lowest BCUT2D eigenvalue weighted by Gasteiger charge is -2.18. The van der Waals surface area contributed by atoms with E-state index in [1.807, 2.05) is 26.0 Å². The van der Waals surface area contributed by atoms with Gasteiger partial charge < -0.3 is 5.32 Å². The summed E-state index contributed by atoms with van der Waals surface area (Å²) in [6.45, 7) is 3.86. The normalized spacial score (nSPS) is 10.2. The summed E-state index contributed by atoms with van der Waals surface area (Å²) >= 11 is 0.